The highest BCUT2D eigenvalue weighted by molar-refractivity contribution is 5.77. The van der Waals surface area contributed by atoms with Gasteiger partial charge in [-0.25, -0.2) is 4.52 Å². The Morgan fingerprint density at radius 1 is 1.00 bits per heavy atom. The molecule has 9 nitrogen and oxygen atoms in total. The number of methoxy groups -OCH3 is 1. The Kier molecular flexibility index (Phi) is 6.24. The second kappa shape index (κ2) is 9.63. The number of ether oxygens (including phenoxy) is 1. The molecule has 0 saturated carbocycles. The minimum atomic E-state index is -0.351. The van der Waals surface area contributed by atoms with Crippen molar-refractivity contribution in [3.8, 4) is 17.0 Å². The molecule has 2 aromatic heterocycles. The van der Waals surface area contributed by atoms with Crippen molar-refractivity contribution in [1.82, 2.24) is 19.1 Å². The van der Waals surface area contributed by atoms with Crippen LogP contribution in [0.2, 0.25) is 0 Å². The van der Waals surface area contributed by atoms with Crippen molar-refractivity contribution in [3.63, 3.8) is 0 Å². The van der Waals surface area contributed by atoms with Crippen LogP contribution in [0.1, 0.15) is 5.56 Å². The van der Waals surface area contributed by atoms with Crippen LogP contribution in [-0.2, 0) is 17.9 Å². The number of aliphatic hydroxyl groups is 1. The van der Waals surface area contributed by atoms with Crippen LogP contribution in [0, 0.1) is 0 Å². The minimum Gasteiger partial charge on any atom is -0.497 e. The summed E-state index contributed by atoms with van der Waals surface area (Å²) in [6, 6.07) is 17.3. The lowest BCUT2D eigenvalue weighted by atomic mass is 10.1. The Hall–Kier alpha value is -4.11. The standard InChI is InChI=1S/C26H27N5O4/c1-35-21-9-7-20(8-10-21)28-11-13-29(14-12-28)23(33)17-30-15-16-31-25(26(30)34)22(18-32)24(27-31)19-5-3-2-4-6-19/h2-10,15-16,32H,11-14,17-18H2,1H3. The van der Waals surface area contributed by atoms with Crippen molar-refractivity contribution in [2.24, 2.45) is 0 Å². The van der Waals surface area contributed by atoms with Crippen LogP contribution in [0.15, 0.2) is 71.8 Å². The molecule has 5 rings (SSSR count). The van der Waals surface area contributed by atoms with Gasteiger partial charge in [0.2, 0.25) is 5.91 Å². The summed E-state index contributed by atoms with van der Waals surface area (Å²) in [6.07, 6.45) is 3.22. The van der Waals surface area contributed by atoms with E-state index in [0.717, 1.165) is 17.0 Å². The molecule has 35 heavy (non-hydrogen) atoms. The third-order valence-corrected chi connectivity index (χ3v) is 6.44. The van der Waals surface area contributed by atoms with E-state index in [4.69, 9.17) is 4.74 Å². The molecule has 1 aliphatic rings. The lowest BCUT2D eigenvalue weighted by molar-refractivity contribution is -0.132. The van der Waals surface area contributed by atoms with E-state index in [1.165, 1.54) is 9.08 Å². The first-order valence-electron chi connectivity index (χ1n) is 11.5. The third-order valence-electron chi connectivity index (χ3n) is 6.44. The molecule has 180 valence electrons. The molecule has 1 aliphatic heterocycles. The van der Waals surface area contributed by atoms with Gasteiger partial charge in [-0.2, -0.15) is 5.10 Å². The summed E-state index contributed by atoms with van der Waals surface area (Å²) >= 11 is 0. The number of anilines is 1. The summed E-state index contributed by atoms with van der Waals surface area (Å²) in [7, 11) is 1.64. The van der Waals surface area contributed by atoms with E-state index in [9.17, 15) is 14.7 Å². The maximum Gasteiger partial charge on any atom is 0.277 e. The van der Waals surface area contributed by atoms with Crippen LogP contribution >= 0.6 is 0 Å². The number of aromatic nitrogens is 3. The van der Waals surface area contributed by atoms with E-state index < -0.39 is 0 Å². The van der Waals surface area contributed by atoms with Gasteiger partial charge in [-0.1, -0.05) is 30.3 Å². The molecule has 0 aliphatic carbocycles. The monoisotopic (exact) mass is 473 g/mol. The zero-order valence-corrected chi connectivity index (χ0v) is 19.5. The van der Waals surface area contributed by atoms with E-state index in [0.29, 0.717) is 37.4 Å². The molecule has 4 aromatic rings. The first-order valence-corrected chi connectivity index (χ1v) is 11.5. The Morgan fingerprint density at radius 3 is 2.37 bits per heavy atom. The van der Waals surface area contributed by atoms with Gasteiger partial charge in [0.25, 0.3) is 5.56 Å². The fourth-order valence-electron chi connectivity index (χ4n) is 4.51. The number of fused-ring (bicyclic) bond motifs is 1. The maximum atomic E-state index is 13.3. The van der Waals surface area contributed by atoms with Crippen LogP contribution < -0.4 is 15.2 Å². The van der Waals surface area contributed by atoms with Crippen LogP contribution in [0.4, 0.5) is 5.69 Å². The van der Waals surface area contributed by atoms with E-state index in [2.05, 4.69) is 10.00 Å². The molecule has 0 spiro atoms. The number of hydrogen-bond donors (Lipinski definition) is 1. The zero-order valence-electron chi connectivity index (χ0n) is 19.5. The summed E-state index contributed by atoms with van der Waals surface area (Å²) in [5.41, 5.74) is 2.85. The molecule has 0 bridgehead atoms. The molecule has 9 heteroatoms. The Labute approximate surface area is 202 Å². The summed E-state index contributed by atoms with van der Waals surface area (Å²) in [6.45, 7) is 2.19. The second-order valence-corrected chi connectivity index (χ2v) is 8.44. The zero-order chi connectivity index (χ0) is 24.4. The van der Waals surface area contributed by atoms with Crippen LogP contribution in [0.3, 0.4) is 0 Å². The number of aliphatic hydroxyl groups excluding tert-OH is 1. The summed E-state index contributed by atoms with van der Waals surface area (Å²) < 4.78 is 8.09. The molecule has 0 unspecified atom stereocenters. The lowest BCUT2D eigenvalue weighted by Crippen LogP contribution is -2.50. The van der Waals surface area contributed by atoms with Gasteiger partial charge in [0.1, 0.15) is 17.8 Å². The highest BCUT2D eigenvalue weighted by Gasteiger charge is 2.23. The molecule has 1 saturated heterocycles. The average molecular weight is 474 g/mol. The fourth-order valence-corrected chi connectivity index (χ4v) is 4.51. The lowest BCUT2D eigenvalue weighted by Gasteiger charge is -2.36. The molecular formula is C26H27N5O4. The molecule has 1 amide bonds. The van der Waals surface area contributed by atoms with Crippen molar-refractivity contribution in [2.75, 3.05) is 38.2 Å². The van der Waals surface area contributed by atoms with Gasteiger partial charge in [-0.15, -0.1) is 0 Å². The minimum absolute atomic E-state index is 0.0609. The fraction of sp³-hybridized carbons (Fsp3) is 0.269. The first kappa shape index (κ1) is 22.7. The van der Waals surface area contributed by atoms with Gasteiger partial charge in [0.15, 0.2) is 0 Å². The van der Waals surface area contributed by atoms with Gasteiger partial charge < -0.3 is 24.2 Å². The number of nitrogens with zero attached hydrogens (tertiary/aromatic N) is 5. The Bertz CT molecular complexity index is 1390. The van der Waals surface area contributed by atoms with Gasteiger partial charge in [-0.3, -0.25) is 9.59 Å². The quantitative estimate of drug-likeness (QED) is 0.461. The number of carbonyl (C=O) groups is 1. The predicted molar refractivity (Wildman–Crippen MR) is 133 cm³/mol. The number of amides is 1. The number of rotatable bonds is 6. The van der Waals surface area contributed by atoms with Crippen molar-refractivity contribution >= 4 is 17.1 Å². The Morgan fingerprint density at radius 2 is 1.71 bits per heavy atom. The first-order chi connectivity index (χ1) is 17.1. The van der Waals surface area contributed by atoms with Gasteiger partial charge in [0, 0.05) is 55.4 Å². The summed E-state index contributed by atoms with van der Waals surface area (Å²) in [4.78, 5) is 30.3. The topological polar surface area (TPSA) is 92.3 Å². The van der Waals surface area contributed by atoms with E-state index in [-0.39, 0.29) is 30.1 Å². The molecule has 0 radical (unpaired) electrons. The van der Waals surface area contributed by atoms with Gasteiger partial charge >= 0.3 is 0 Å². The SMILES string of the molecule is COc1ccc(N2CCN(C(=O)Cn3ccn4nc(-c5ccccc5)c(CO)c4c3=O)CC2)cc1. The van der Waals surface area contributed by atoms with Crippen molar-refractivity contribution in [2.45, 2.75) is 13.2 Å². The molecular weight excluding hydrogens is 446 g/mol. The highest BCUT2D eigenvalue weighted by atomic mass is 16.5. The van der Waals surface area contributed by atoms with Crippen molar-refractivity contribution in [3.05, 3.63) is 82.9 Å². The molecule has 2 aromatic carbocycles. The van der Waals surface area contributed by atoms with Gasteiger partial charge in [0.05, 0.1) is 19.4 Å². The van der Waals surface area contributed by atoms with E-state index >= 15 is 0 Å². The highest BCUT2D eigenvalue weighted by Crippen LogP contribution is 2.24. The Balaban J connectivity index is 1.32. The van der Waals surface area contributed by atoms with Crippen LogP contribution in [-0.4, -0.2) is 63.4 Å². The van der Waals surface area contributed by atoms with E-state index in [1.807, 2.05) is 54.6 Å². The maximum absolute atomic E-state index is 13.3. The van der Waals surface area contributed by atoms with Crippen molar-refractivity contribution in [1.29, 1.82) is 0 Å². The number of piperazine rings is 1. The molecule has 1 N–H and O–H groups in total. The average Bonchev–Trinajstić information content (AvgIpc) is 3.30. The van der Waals surface area contributed by atoms with E-state index in [1.54, 1.807) is 24.4 Å². The number of hydrogen-bond acceptors (Lipinski definition) is 6. The van der Waals surface area contributed by atoms with Crippen molar-refractivity contribution < 1.29 is 14.6 Å². The number of carbonyl (C=O) groups excluding carboxylic acids is 1. The largest absolute Gasteiger partial charge is 0.497 e. The molecule has 0 atom stereocenters. The smallest absolute Gasteiger partial charge is 0.277 e. The molecule has 1 fully saturated rings. The third kappa shape index (κ3) is 4.38. The van der Waals surface area contributed by atoms with Crippen LogP contribution in [0.5, 0.6) is 5.75 Å². The number of benzene rings is 2. The molecule has 3 heterocycles. The second-order valence-electron chi connectivity index (χ2n) is 8.44. The van der Waals surface area contributed by atoms with Gasteiger partial charge in [-0.05, 0) is 24.3 Å². The predicted octanol–water partition coefficient (Wildman–Crippen LogP) is 2.01. The summed E-state index contributed by atoms with van der Waals surface area (Å²) in [5, 5.41) is 14.5. The summed E-state index contributed by atoms with van der Waals surface area (Å²) in [5.74, 6) is 0.697. The van der Waals surface area contributed by atoms with Crippen LogP contribution in [0.25, 0.3) is 16.8 Å². The normalized spacial score (nSPS) is 13.9.